The third-order valence-electron chi connectivity index (χ3n) is 3.61. The van der Waals surface area contributed by atoms with Crippen LogP contribution in [0.2, 0.25) is 0 Å². The number of benzene rings is 1. The number of halogens is 1. The fourth-order valence-corrected chi connectivity index (χ4v) is 2.58. The minimum Gasteiger partial charge on any atom is -0.494 e. The molecule has 0 saturated heterocycles. The van der Waals surface area contributed by atoms with Gasteiger partial charge in [-0.1, -0.05) is 25.0 Å². The van der Waals surface area contributed by atoms with E-state index in [2.05, 4.69) is 0 Å². The Morgan fingerprint density at radius 2 is 2.12 bits per heavy atom. The first-order valence-electron chi connectivity index (χ1n) is 6.22. The summed E-state index contributed by atoms with van der Waals surface area (Å²) in [6.45, 7) is 0. The van der Waals surface area contributed by atoms with Crippen molar-refractivity contribution in [3.63, 3.8) is 0 Å². The Bertz CT molecular complexity index is 378. The van der Waals surface area contributed by atoms with Crippen molar-refractivity contribution in [3.05, 3.63) is 29.6 Å². The molecule has 0 aromatic heterocycles. The topological polar surface area (TPSA) is 29.5 Å². The van der Waals surface area contributed by atoms with Crippen LogP contribution in [-0.2, 0) is 6.42 Å². The zero-order valence-corrected chi connectivity index (χ0v) is 10.2. The van der Waals surface area contributed by atoms with E-state index in [-0.39, 0.29) is 23.6 Å². The molecule has 1 aromatic carbocycles. The van der Waals surface area contributed by atoms with Crippen molar-refractivity contribution in [2.24, 2.45) is 5.92 Å². The van der Waals surface area contributed by atoms with Gasteiger partial charge in [0.05, 0.1) is 13.2 Å². The van der Waals surface area contributed by atoms with Crippen LogP contribution in [0, 0.1) is 11.7 Å². The Hall–Kier alpha value is -1.09. The summed E-state index contributed by atoms with van der Waals surface area (Å²) in [7, 11) is 1.47. The number of rotatable bonds is 3. The second kappa shape index (κ2) is 5.50. The molecule has 2 rings (SSSR count). The van der Waals surface area contributed by atoms with Crippen molar-refractivity contribution in [1.29, 1.82) is 0 Å². The Morgan fingerprint density at radius 3 is 2.82 bits per heavy atom. The second-order valence-corrected chi connectivity index (χ2v) is 4.75. The highest BCUT2D eigenvalue weighted by molar-refractivity contribution is 5.31. The molecule has 0 bridgehead atoms. The summed E-state index contributed by atoms with van der Waals surface area (Å²) in [6, 6.07) is 5.20. The molecule has 1 fully saturated rings. The minimum absolute atomic E-state index is 0.186. The maximum Gasteiger partial charge on any atom is 0.168 e. The summed E-state index contributed by atoms with van der Waals surface area (Å²) < 4.78 is 18.9. The van der Waals surface area contributed by atoms with Crippen LogP contribution in [-0.4, -0.2) is 18.3 Å². The molecule has 1 aliphatic rings. The Kier molecular flexibility index (Phi) is 4.00. The van der Waals surface area contributed by atoms with E-state index in [1.54, 1.807) is 18.2 Å². The molecule has 1 aliphatic carbocycles. The lowest BCUT2D eigenvalue weighted by atomic mass is 9.82. The molecule has 0 radical (unpaired) electrons. The van der Waals surface area contributed by atoms with Crippen molar-refractivity contribution in [1.82, 2.24) is 0 Å². The molecule has 1 aromatic rings. The number of hydrogen-bond acceptors (Lipinski definition) is 2. The number of aliphatic hydroxyl groups is 1. The average Bonchev–Trinajstić information content (AvgIpc) is 2.34. The molecule has 3 heteroatoms. The molecular weight excluding hydrogens is 219 g/mol. The molecule has 2 unspecified atom stereocenters. The first-order chi connectivity index (χ1) is 8.22. The van der Waals surface area contributed by atoms with Gasteiger partial charge in [0.15, 0.2) is 11.6 Å². The zero-order chi connectivity index (χ0) is 12.3. The molecule has 1 N–H and O–H groups in total. The van der Waals surface area contributed by atoms with Crippen LogP contribution < -0.4 is 4.74 Å². The summed E-state index contributed by atoms with van der Waals surface area (Å²) in [5.74, 6) is 0.186. The molecule has 0 aliphatic heterocycles. The maximum atomic E-state index is 13.9. The van der Waals surface area contributed by atoms with Crippen LogP contribution in [0.15, 0.2) is 18.2 Å². The number of methoxy groups -OCH3 is 1. The monoisotopic (exact) mass is 238 g/mol. The Morgan fingerprint density at radius 1 is 1.35 bits per heavy atom. The van der Waals surface area contributed by atoms with Crippen molar-refractivity contribution in [3.8, 4) is 5.75 Å². The average molecular weight is 238 g/mol. The highest BCUT2D eigenvalue weighted by Gasteiger charge is 2.24. The highest BCUT2D eigenvalue weighted by Crippen LogP contribution is 2.30. The normalized spacial score (nSPS) is 24.6. The summed E-state index contributed by atoms with van der Waals surface area (Å²) in [6.07, 6.45) is 4.36. The fraction of sp³-hybridized carbons (Fsp3) is 0.571. The van der Waals surface area contributed by atoms with Crippen molar-refractivity contribution in [2.45, 2.75) is 38.2 Å². The van der Waals surface area contributed by atoms with Crippen LogP contribution in [0.1, 0.15) is 31.2 Å². The summed E-state index contributed by atoms with van der Waals surface area (Å²) in [5.41, 5.74) is 0.648. The van der Waals surface area contributed by atoms with E-state index in [0.717, 1.165) is 25.7 Å². The Labute approximate surface area is 101 Å². The van der Waals surface area contributed by atoms with E-state index in [1.165, 1.54) is 7.11 Å². The van der Waals surface area contributed by atoms with E-state index >= 15 is 0 Å². The summed E-state index contributed by atoms with van der Waals surface area (Å²) in [4.78, 5) is 0. The van der Waals surface area contributed by atoms with E-state index in [9.17, 15) is 9.50 Å². The van der Waals surface area contributed by atoms with Gasteiger partial charge < -0.3 is 9.84 Å². The number of aliphatic hydroxyl groups excluding tert-OH is 1. The third-order valence-corrected chi connectivity index (χ3v) is 3.61. The molecule has 17 heavy (non-hydrogen) atoms. The lowest BCUT2D eigenvalue weighted by Gasteiger charge is -2.27. The van der Waals surface area contributed by atoms with Crippen LogP contribution in [0.5, 0.6) is 5.75 Å². The van der Waals surface area contributed by atoms with E-state index in [1.807, 2.05) is 0 Å². The number of hydrogen-bond donors (Lipinski definition) is 1. The molecule has 2 atom stereocenters. The van der Waals surface area contributed by atoms with Gasteiger partial charge in [-0.15, -0.1) is 0 Å². The quantitative estimate of drug-likeness (QED) is 0.877. The molecule has 0 amide bonds. The molecule has 2 nitrogen and oxygen atoms in total. The van der Waals surface area contributed by atoms with Gasteiger partial charge in [-0.2, -0.15) is 0 Å². The van der Waals surface area contributed by atoms with E-state index < -0.39 is 0 Å². The molecule has 94 valence electrons. The second-order valence-electron chi connectivity index (χ2n) is 4.75. The van der Waals surface area contributed by atoms with Gasteiger partial charge in [0.2, 0.25) is 0 Å². The summed E-state index contributed by atoms with van der Waals surface area (Å²) in [5, 5.41) is 9.89. The molecule has 0 spiro atoms. The van der Waals surface area contributed by atoms with Crippen LogP contribution in [0.4, 0.5) is 4.39 Å². The molecule has 1 saturated carbocycles. The zero-order valence-electron chi connectivity index (χ0n) is 10.2. The van der Waals surface area contributed by atoms with Gasteiger partial charge in [-0.3, -0.25) is 0 Å². The van der Waals surface area contributed by atoms with Gasteiger partial charge in [-0.25, -0.2) is 4.39 Å². The predicted molar refractivity (Wildman–Crippen MR) is 64.6 cm³/mol. The largest absolute Gasteiger partial charge is 0.494 e. The van der Waals surface area contributed by atoms with Crippen LogP contribution in [0.25, 0.3) is 0 Å². The van der Waals surface area contributed by atoms with Gasteiger partial charge >= 0.3 is 0 Å². The molecular formula is C14H19FO2. The standard InChI is InChI=1S/C14H19FO2/c1-17-13-8-4-6-11(14(13)15)9-10-5-2-3-7-12(10)16/h4,6,8,10,12,16H,2-3,5,7,9H2,1H3. The SMILES string of the molecule is COc1cccc(CC2CCCCC2O)c1F. The van der Waals surface area contributed by atoms with Gasteiger partial charge in [-0.05, 0) is 36.8 Å². The molecule has 0 heterocycles. The van der Waals surface area contributed by atoms with Crippen molar-refractivity contribution < 1.29 is 14.2 Å². The first-order valence-corrected chi connectivity index (χ1v) is 6.22. The van der Waals surface area contributed by atoms with Gasteiger partial charge in [0.1, 0.15) is 0 Å². The van der Waals surface area contributed by atoms with E-state index in [4.69, 9.17) is 4.74 Å². The highest BCUT2D eigenvalue weighted by atomic mass is 19.1. The lowest BCUT2D eigenvalue weighted by molar-refractivity contribution is 0.0695. The van der Waals surface area contributed by atoms with Crippen molar-refractivity contribution >= 4 is 0 Å². The summed E-state index contributed by atoms with van der Waals surface area (Å²) >= 11 is 0. The maximum absolute atomic E-state index is 13.9. The van der Waals surface area contributed by atoms with Crippen LogP contribution in [0.3, 0.4) is 0 Å². The van der Waals surface area contributed by atoms with E-state index in [0.29, 0.717) is 12.0 Å². The first kappa shape index (κ1) is 12.4. The lowest BCUT2D eigenvalue weighted by Crippen LogP contribution is -2.26. The van der Waals surface area contributed by atoms with Gasteiger partial charge in [0, 0.05) is 0 Å². The van der Waals surface area contributed by atoms with Gasteiger partial charge in [0.25, 0.3) is 0 Å². The van der Waals surface area contributed by atoms with Crippen LogP contribution >= 0.6 is 0 Å². The van der Waals surface area contributed by atoms with Crippen molar-refractivity contribution in [2.75, 3.05) is 7.11 Å². The fourth-order valence-electron chi connectivity index (χ4n) is 2.58. The Balaban J connectivity index is 2.12. The predicted octanol–water partition coefficient (Wildman–Crippen LogP) is 2.93. The smallest absolute Gasteiger partial charge is 0.168 e. The third kappa shape index (κ3) is 2.78. The number of ether oxygens (including phenoxy) is 1. The minimum atomic E-state index is -0.284.